The Morgan fingerprint density at radius 2 is 2.25 bits per heavy atom. The number of carbonyl (C=O) groups excluding carboxylic acids is 1. The van der Waals surface area contributed by atoms with Crippen LogP contribution in [0.1, 0.15) is 23.7 Å². The van der Waals surface area contributed by atoms with E-state index in [1.807, 2.05) is 38.1 Å². The van der Waals surface area contributed by atoms with E-state index in [0.29, 0.717) is 6.42 Å². The minimum Gasteiger partial charge on any atom is -0.297 e. The highest BCUT2D eigenvalue weighted by molar-refractivity contribution is 5.86. The molecule has 0 aliphatic carbocycles. The molecule has 3 heteroatoms. The van der Waals surface area contributed by atoms with Gasteiger partial charge < -0.3 is 0 Å². The van der Waals surface area contributed by atoms with Gasteiger partial charge in [-0.3, -0.25) is 14.7 Å². The Hall–Kier alpha value is -1.48. The van der Waals surface area contributed by atoms with Crippen molar-refractivity contribution in [3.05, 3.63) is 42.2 Å². The molecule has 0 bridgehead atoms. The van der Waals surface area contributed by atoms with E-state index in [-0.39, 0.29) is 11.8 Å². The molecule has 0 saturated carbocycles. The lowest BCUT2D eigenvalue weighted by atomic mass is 10.0. The average Bonchev–Trinajstić information content (AvgIpc) is 2.21. The Morgan fingerprint density at radius 1 is 1.56 bits per heavy atom. The van der Waals surface area contributed by atoms with Crippen LogP contribution in [0, 0.1) is 6.92 Å². The van der Waals surface area contributed by atoms with Crippen LogP contribution in [0.4, 0.5) is 0 Å². The van der Waals surface area contributed by atoms with Gasteiger partial charge in [0.15, 0.2) is 5.78 Å². The summed E-state index contributed by atoms with van der Waals surface area (Å²) >= 11 is 0. The molecule has 0 fully saturated rings. The Bertz CT molecular complexity index is 368. The van der Waals surface area contributed by atoms with Crippen LogP contribution >= 0.6 is 0 Å². The second kappa shape index (κ2) is 5.56. The molecule has 1 aromatic rings. The molecule has 0 amide bonds. The molecule has 0 radical (unpaired) electrons. The van der Waals surface area contributed by atoms with Crippen LogP contribution in [0.25, 0.3) is 0 Å². The Balaban J connectivity index is 2.98. The SMILES string of the molecule is C=CCC(=O)C(c1ccc(C)nc1)N(C)C. The van der Waals surface area contributed by atoms with E-state index in [4.69, 9.17) is 0 Å². The minimum atomic E-state index is -0.230. The van der Waals surface area contributed by atoms with Gasteiger partial charge in [0.25, 0.3) is 0 Å². The van der Waals surface area contributed by atoms with Gasteiger partial charge in [0, 0.05) is 18.3 Å². The van der Waals surface area contributed by atoms with Crippen molar-refractivity contribution in [2.75, 3.05) is 14.1 Å². The lowest BCUT2D eigenvalue weighted by Gasteiger charge is -2.22. The second-order valence-corrected chi connectivity index (χ2v) is 4.06. The van der Waals surface area contributed by atoms with E-state index in [1.165, 1.54) is 0 Å². The summed E-state index contributed by atoms with van der Waals surface area (Å²) in [5.41, 5.74) is 1.89. The summed E-state index contributed by atoms with van der Waals surface area (Å²) < 4.78 is 0. The summed E-state index contributed by atoms with van der Waals surface area (Å²) in [6.45, 7) is 5.53. The van der Waals surface area contributed by atoms with Crippen molar-refractivity contribution in [3.8, 4) is 0 Å². The van der Waals surface area contributed by atoms with Crippen LogP contribution in [0.3, 0.4) is 0 Å². The van der Waals surface area contributed by atoms with E-state index < -0.39 is 0 Å². The Labute approximate surface area is 96.8 Å². The maximum atomic E-state index is 11.9. The van der Waals surface area contributed by atoms with Gasteiger partial charge in [-0.15, -0.1) is 6.58 Å². The molecule has 0 aliphatic heterocycles. The minimum absolute atomic E-state index is 0.144. The smallest absolute Gasteiger partial charge is 0.158 e. The maximum absolute atomic E-state index is 11.9. The van der Waals surface area contributed by atoms with Gasteiger partial charge in [-0.1, -0.05) is 12.1 Å². The van der Waals surface area contributed by atoms with Gasteiger partial charge in [0.1, 0.15) is 0 Å². The largest absolute Gasteiger partial charge is 0.297 e. The molecule has 1 rings (SSSR count). The highest BCUT2D eigenvalue weighted by Gasteiger charge is 2.21. The first kappa shape index (κ1) is 12.6. The van der Waals surface area contributed by atoms with E-state index in [1.54, 1.807) is 12.3 Å². The quantitative estimate of drug-likeness (QED) is 0.710. The predicted octanol–water partition coefficient (Wildman–Crippen LogP) is 2.14. The first-order valence-electron chi connectivity index (χ1n) is 5.29. The van der Waals surface area contributed by atoms with Gasteiger partial charge in [-0.25, -0.2) is 0 Å². The average molecular weight is 218 g/mol. The molecule has 0 spiro atoms. The van der Waals surface area contributed by atoms with Crippen LogP contribution < -0.4 is 0 Å². The zero-order valence-corrected chi connectivity index (χ0v) is 10.1. The monoisotopic (exact) mass is 218 g/mol. The van der Waals surface area contributed by atoms with E-state index in [9.17, 15) is 4.79 Å². The van der Waals surface area contributed by atoms with Crippen molar-refractivity contribution < 1.29 is 4.79 Å². The number of nitrogens with zero attached hydrogens (tertiary/aromatic N) is 2. The molecule has 16 heavy (non-hydrogen) atoms. The van der Waals surface area contributed by atoms with Crippen molar-refractivity contribution in [2.45, 2.75) is 19.4 Å². The molecular weight excluding hydrogens is 200 g/mol. The number of rotatable bonds is 5. The summed E-state index contributed by atoms with van der Waals surface area (Å²) in [5, 5.41) is 0. The van der Waals surface area contributed by atoms with Crippen LogP contribution in [0.15, 0.2) is 31.0 Å². The maximum Gasteiger partial charge on any atom is 0.158 e. The van der Waals surface area contributed by atoms with Gasteiger partial charge in [-0.05, 0) is 32.6 Å². The summed E-state index contributed by atoms with van der Waals surface area (Å²) in [6.07, 6.45) is 3.79. The summed E-state index contributed by atoms with van der Waals surface area (Å²) in [6, 6.07) is 3.65. The van der Waals surface area contributed by atoms with Crippen molar-refractivity contribution in [2.24, 2.45) is 0 Å². The predicted molar refractivity (Wildman–Crippen MR) is 65.2 cm³/mol. The highest BCUT2D eigenvalue weighted by Crippen LogP contribution is 2.20. The standard InChI is InChI=1S/C13H18N2O/c1-5-6-12(16)13(15(3)4)11-8-7-10(2)14-9-11/h5,7-9,13H,1,6H2,2-4H3. The van der Waals surface area contributed by atoms with Crippen molar-refractivity contribution in [1.29, 1.82) is 0 Å². The summed E-state index contributed by atoms with van der Waals surface area (Å²) in [5.74, 6) is 0.144. The normalized spacial score (nSPS) is 12.5. The zero-order chi connectivity index (χ0) is 12.1. The third kappa shape index (κ3) is 3.00. The highest BCUT2D eigenvalue weighted by atomic mass is 16.1. The van der Waals surface area contributed by atoms with Gasteiger partial charge in [-0.2, -0.15) is 0 Å². The molecule has 1 atom stereocenters. The third-order valence-corrected chi connectivity index (χ3v) is 2.42. The number of Topliss-reactive ketones (excluding diaryl/α,β-unsaturated/α-hetero) is 1. The number of likely N-dealkylation sites (N-methyl/N-ethyl adjacent to an activating group) is 1. The number of carbonyl (C=O) groups is 1. The number of hydrogen-bond acceptors (Lipinski definition) is 3. The Morgan fingerprint density at radius 3 is 2.69 bits per heavy atom. The number of pyridine rings is 1. The van der Waals surface area contributed by atoms with E-state index in [2.05, 4.69) is 11.6 Å². The lowest BCUT2D eigenvalue weighted by Crippen LogP contribution is -2.27. The first-order valence-corrected chi connectivity index (χ1v) is 5.29. The molecule has 0 aliphatic rings. The van der Waals surface area contributed by atoms with Crippen molar-refractivity contribution in [1.82, 2.24) is 9.88 Å². The number of aromatic nitrogens is 1. The van der Waals surface area contributed by atoms with Gasteiger partial charge in [0.05, 0.1) is 6.04 Å². The van der Waals surface area contributed by atoms with Gasteiger partial charge >= 0.3 is 0 Å². The molecule has 1 unspecified atom stereocenters. The first-order chi connectivity index (χ1) is 7.56. The van der Waals surface area contributed by atoms with Crippen LogP contribution in [-0.2, 0) is 4.79 Å². The van der Waals surface area contributed by atoms with E-state index >= 15 is 0 Å². The molecular formula is C13H18N2O. The molecule has 0 N–H and O–H groups in total. The molecule has 1 heterocycles. The molecule has 86 valence electrons. The number of aryl methyl sites for hydroxylation is 1. The lowest BCUT2D eigenvalue weighted by molar-refractivity contribution is -0.122. The summed E-state index contributed by atoms with van der Waals surface area (Å²) in [7, 11) is 3.79. The fourth-order valence-electron chi connectivity index (χ4n) is 1.67. The van der Waals surface area contributed by atoms with Crippen molar-refractivity contribution >= 4 is 5.78 Å². The second-order valence-electron chi connectivity index (χ2n) is 4.06. The Kier molecular flexibility index (Phi) is 4.38. The fourth-order valence-corrected chi connectivity index (χ4v) is 1.67. The summed E-state index contributed by atoms with van der Waals surface area (Å²) in [4.78, 5) is 18.1. The van der Waals surface area contributed by atoms with Gasteiger partial charge in [0.2, 0.25) is 0 Å². The fraction of sp³-hybridized carbons (Fsp3) is 0.385. The van der Waals surface area contributed by atoms with Crippen LogP contribution in [-0.4, -0.2) is 29.8 Å². The number of allylic oxidation sites excluding steroid dienone is 1. The zero-order valence-electron chi connectivity index (χ0n) is 10.1. The van der Waals surface area contributed by atoms with Crippen LogP contribution in [0.2, 0.25) is 0 Å². The van der Waals surface area contributed by atoms with Crippen LogP contribution in [0.5, 0.6) is 0 Å². The molecule has 3 nitrogen and oxygen atoms in total. The molecule has 1 aromatic heterocycles. The van der Waals surface area contributed by atoms with Crippen molar-refractivity contribution in [3.63, 3.8) is 0 Å². The number of hydrogen-bond donors (Lipinski definition) is 0. The molecule has 0 saturated heterocycles. The molecule has 0 aromatic carbocycles. The topological polar surface area (TPSA) is 33.2 Å². The number of ketones is 1. The van der Waals surface area contributed by atoms with E-state index in [0.717, 1.165) is 11.3 Å². The third-order valence-electron chi connectivity index (χ3n) is 2.42.